The highest BCUT2D eigenvalue weighted by molar-refractivity contribution is 9.10. The summed E-state index contributed by atoms with van der Waals surface area (Å²) >= 11 is 4.56. The van der Waals surface area contributed by atoms with E-state index in [0.717, 1.165) is 0 Å². The van der Waals surface area contributed by atoms with Crippen molar-refractivity contribution in [3.63, 3.8) is 0 Å². The predicted molar refractivity (Wildman–Crippen MR) is 82.2 cm³/mol. The second-order valence-electron chi connectivity index (χ2n) is 3.89. The lowest BCUT2D eigenvalue weighted by molar-refractivity contribution is -0.130. The zero-order chi connectivity index (χ0) is 14.7. The van der Waals surface area contributed by atoms with Crippen molar-refractivity contribution in [3.8, 4) is 11.5 Å². The van der Waals surface area contributed by atoms with E-state index >= 15 is 0 Å². The molecule has 104 valence electrons. The highest BCUT2D eigenvalue weighted by atomic mass is 79.9. The summed E-state index contributed by atoms with van der Waals surface area (Å²) < 4.78 is 5.49. The minimum atomic E-state index is -1.00. The molecule has 0 amide bonds. The van der Waals surface area contributed by atoms with Crippen molar-refractivity contribution in [3.05, 3.63) is 44.6 Å². The SMILES string of the molecule is COc1cc(/C=C(/C(=O)O)c2cccs2)cc(Br)c1O. The molecule has 0 aliphatic heterocycles. The van der Waals surface area contributed by atoms with Crippen molar-refractivity contribution in [2.45, 2.75) is 0 Å². The van der Waals surface area contributed by atoms with E-state index in [-0.39, 0.29) is 17.1 Å². The molecule has 1 aromatic heterocycles. The maximum absolute atomic E-state index is 11.4. The van der Waals surface area contributed by atoms with Gasteiger partial charge in [-0.15, -0.1) is 11.3 Å². The van der Waals surface area contributed by atoms with Crippen LogP contribution in [0.3, 0.4) is 0 Å². The van der Waals surface area contributed by atoms with Gasteiger partial charge in [0.25, 0.3) is 0 Å². The second-order valence-corrected chi connectivity index (χ2v) is 5.70. The number of thiophene rings is 1. The van der Waals surface area contributed by atoms with Gasteiger partial charge in [-0.05, 0) is 51.1 Å². The first kappa shape index (κ1) is 14.6. The normalized spacial score (nSPS) is 11.4. The number of carbonyl (C=O) groups is 1. The van der Waals surface area contributed by atoms with Crippen molar-refractivity contribution >= 4 is 44.9 Å². The van der Waals surface area contributed by atoms with Gasteiger partial charge in [0, 0.05) is 4.88 Å². The van der Waals surface area contributed by atoms with E-state index in [0.29, 0.717) is 14.9 Å². The van der Waals surface area contributed by atoms with Gasteiger partial charge in [-0.1, -0.05) is 6.07 Å². The number of carboxylic acids is 1. The number of rotatable bonds is 4. The van der Waals surface area contributed by atoms with Crippen molar-refractivity contribution in [1.82, 2.24) is 0 Å². The molecular formula is C14H11BrO4S. The molecule has 2 aromatic rings. The molecule has 0 aliphatic carbocycles. The van der Waals surface area contributed by atoms with Gasteiger partial charge < -0.3 is 14.9 Å². The number of hydrogen-bond acceptors (Lipinski definition) is 4. The zero-order valence-electron chi connectivity index (χ0n) is 10.5. The highest BCUT2D eigenvalue weighted by Crippen LogP contribution is 2.36. The maximum atomic E-state index is 11.4. The molecule has 0 unspecified atom stereocenters. The summed E-state index contributed by atoms with van der Waals surface area (Å²) in [4.78, 5) is 12.0. The van der Waals surface area contributed by atoms with Crippen LogP contribution in [0.1, 0.15) is 10.4 Å². The van der Waals surface area contributed by atoms with Gasteiger partial charge in [0.1, 0.15) is 0 Å². The second kappa shape index (κ2) is 6.11. The van der Waals surface area contributed by atoms with E-state index in [1.54, 1.807) is 30.3 Å². The Balaban J connectivity index is 2.52. The molecule has 0 fully saturated rings. The molecule has 0 atom stereocenters. The molecule has 0 saturated heterocycles. The molecule has 0 bridgehead atoms. The monoisotopic (exact) mass is 354 g/mol. The number of phenols is 1. The maximum Gasteiger partial charge on any atom is 0.337 e. The van der Waals surface area contributed by atoms with Crippen LogP contribution in [0.15, 0.2) is 34.1 Å². The topological polar surface area (TPSA) is 66.8 Å². The van der Waals surface area contributed by atoms with Crippen LogP contribution in [0.4, 0.5) is 0 Å². The lowest BCUT2D eigenvalue weighted by Crippen LogP contribution is -1.97. The summed E-state index contributed by atoms with van der Waals surface area (Å²) in [6.45, 7) is 0. The molecule has 0 spiro atoms. The first-order valence-electron chi connectivity index (χ1n) is 5.58. The molecule has 0 aliphatic rings. The predicted octanol–water partition coefficient (Wildman–Crippen LogP) is 3.85. The molecular weight excluding hydrogens is 344 g/mol. The van der Waals surface area contributed by atoms with E-state index in [1.165, 1.54) is 18.4 Å². The summed E-state index contributed by atoms with van der Waals surface area (Å²) in [6.07, 6.45) is 1.54. The largest absolute Gasteiger partial charge is 0.503 e. The number of aliphatic carboxylic acids is 1. The molecule has 1 heterocycles. The molecule has 0 saturated carbocycles. The van der Waals surface area contributed by atoms with Crippen molar-refractivity contribution in [2.75, 3.05) is 7.11 Å². The third kappa shape index (κ3) is 3.02. The smallest absolute Gasteiger partial charge is 0.337 e. The lowest BCUT2D eigenvalue weighted by Gasteiger charge is -2.07. The Morgan fingerprint density at radius 2 is 2.20 bits per heavy atom. The van der Waals surface area contributed by atoms with Crippen molar-refractivity contribution in [1.29, 1.82) is 0 Å². The van der Waals surface area contributed by atoms with Crippen LogP contribution < -0.4 is 4.74 Å². The molecule has 1 aromatic carbocycles. The van der Waals surface area contributed by atoms with Crippen LogP contribution in [-0.4, -0.2) is 23.3 Å². The van der Waals surface area contributed by atoms with Crippen LogP contribution in [0.2, 0.25) is 0 Å². The van der Waals surface area contributed by atoms with Gasteiger partial charge in [-0.25, -0.2) is 4.79 Å². The van der Waals surface area contributed by atoms with Crippen LogP contribution in [0.5, 0.6) is 11.5 Å². The van der Waals surface area contributed by atoms with Gasteiger partial charge in [0.2, 0.25) is 0 Å². The number of carboxylic acid groups (broad SMARTS) is 1. The first-order valence-corrected chi connectivity index (χ1v) is 7.25. The van der Waals surface area contributed by atoms with E-state index in [1.807, 2.05) is 5.38 Å². The highest BCUT2D eigenvalue weighted by Gasteiger charge is 2.13. The average Bonchev–Trinajstić information content (AvgIpc) is 2.93. The van der Waals surface area contributed by atoms with Crippen LogP contribution in [0, 0.1) is 0 Å². The summed E-state index contributed by atoms with van der Waals surface area (Å²) in [7, 11) is 1.44. The summed E-state index contributed by atoms with van der Waals surface area (Å²) in [5.74, 6) is -0.741. The van der Waals surface area contributed by atoms with Gasteiger partial charge >= 0.3 is 5.97 Å². The summed E-state index contributed by atoms with van der Waals surface area (Å²) in [5, 5.41) is 20.9. The fourth-order valence-electron chi connectivity index (χ4n) is 1.67. The summed E-state index contributed by atoms with van der Waals surface area (Å²) in [5.41, 5.74) is 0.817. The Kier molecular flexibility index (Phi) is 4.46. The molecule has 2 rings (SSSR count). The number of aromatic hydroxyl groups is 1. The van der Waals surface area contributed by atoms with Gasteiger partial charge in [0.05, 0.1) is 17.2 Å². The third-order valence-electron chi connectivity index (χ3n) is 2.60. The number of ether oxygens (including phenoxy) is 1. The average molecular weight is 355 g/mol. The number of methoxy groups -OCH3 is 1. The Morgan fingerprint density at radius 1 is 1.45 bits per heavy atom. The van der Waals surface area contributed by atoms with Gasteiger partial charge in [-0.3, -0.25) is 0 Å². The van der Waals surface area contributed by atoms with Gasteiger partial charge in [0.15, 0.2) is 11.5 Å². The molecule has 0 radical (unpaired) electrons. The minimum Gasteiger partial charge on any atom is -0.503 e. The van der Waals surface area contributed by atoms with Crippen molar-refractivity contribution in [2.24, 2.45) is 0 Å². The number of phenolic OH excluding ortho intramolecular Hbond substituents is 1. The molecule has 2 N–H and O–H groups in total. The van der Waals surface area contributed by atoms with Crippen LogP contribution >= 0.6 is 27.3 Å². The van der Waals surface area contributed by atoms with E-state index in [9.17, 15) is 15.0 Å². The molecule has 20 heavy (non-hydrogen) atoms. The van der Waals surface area contributed by atoms with E-state index in [4.69, 9.17) is 4.74 Å². The summed E-state index contributed by atoms with van der Waals surface area (Å²) in [6, 6.07) is 6.76. The fourth-order valence-corrected chi connectivity index (χ4v) is 2.86. The first-order chi connectivity index (χ1) is 9.52. The molecule has 4 nitrogen and oxygen atoms in total. The number of halogens is 1. The Morgan fingerprint density at radius 3 is 2.75 bits per heavy atom. The Bertz CT molecular complexity index is 662. The fraction of sp³-hybridized carbons (Fsp3) is 0.0714. The molecule has 6 heteroatoms. The Labute approximate surface area is 128 Å². The third-order valence-corrected chi connectivity index (χ3v) is 4.11. The van der Waals surface area contributed by atoms with E-state index < -0.39 is 5.97 Å². The quantitative estimate of drug-likeness (QED) is 0.818. The Hall–Kier alpha value is -1.79. The number of hydrogen-bond donors (Lipinski definition) is 2. The van der Waals surface area contributed by atoms with E-state index in [2.05, 4.69) is 15.9 Å². The lowest BCUT2D eigenvalue weighted by atomic mass is 10.1. The van der Waals surface area contributed by atoms with Crippen LogP contribution in [0.25, 0.3) is 11.6 Å². The van der Waals surface area contributed by atoms with Crippen molar-refractivity contribution < 1.29 is 19.7 Å². The van der Waals surface area contributed by atoms with Crippen LogP contribution in [-0.2, 0) is 4.79 Å². The zero-order valence-corrected chi connectivity index (χ0v) is 12.9. The standard InChI is InChI=1S/C14H11BrO4S/c1-19-11-7-8(6-10(15)13(11)16)5-9(14(17)18)12-3-2-4-20-12/h2-7,16H,1H3,(H,17,18)/b9-5+. The number of benzene rings is 1. The minimum absolute atomic E-state index is 0.0161. The van der Waals surface area contributed by atoms with Gasteiger partial charge in [-0.2, -0.15) is 0 Å².